The molecule has 0 N–H and O–H groups in total. The molecule has 0 radical (unpaired) electrons. The van der Waals surface area contributed by atoms with Crippen molar-refractivity contribution in [1.29, 1.82) is 0 Å². The minimum absolute atomic E-state index is 0.812. The van der Waals surface area contributed by atoms with Crippen molar-refractivity contribution >= 4 is 0 Å². The Bertz CT molecular complexity index is 430. The molecule has 1 aliphatic carbocycles. The molecule has 2 rings (SSSR count). The van der Waals surface area contributed by atoms with Crippen molar-refractivity contribution < 1.29 is 0 Å². The first-order valence-corrected chi connectivity index (χ1v) is 10.2. The van der Waals surface area contributed by atoms with Gasteiger partial charge in [-0.3, -0.25) is 0 Å². The average molecular weight is 315 g/mol. The molecule has 1 aliphatic rings. The summed E-state index contributed by atoms with van der Waals surface area (Å²) in [4.78, 5) is 0. The molecule has 0 bridgehead atoms. The second-order valence-corrected chi connectivity index (χ2v) is 8.17. The van der Waals surface area contributed by atoms with Gasteiger partial charge in [0.25, 0.3) is 0 Å². The van der Waals surface area contributed by atoms with Gasteiger partial charge in [-0.15, -0.1) is 0 Å². The molecule has 4 atom stereocenters. The van der Waals surface area contributed by atoms with E-state index in [9.17, 15) is 0 Å². The fourth-order valence-electron chi connectivity index (χ4n) is 4.57. The van der Waals surface area contributed by atoms with Crippen LogP contribution in [0.5, 0.6) is 0 Å². The van der Waals surface area contributed by atoms with Crippen LogP contribution < -0.4 is 0 Å². The third kappa shape index (κ3) is 5.66. The number of hydrogen-bond acceptors (Lipinski definition) is 0. The third-order valence-electron chi connectivity index (χ3n) is 6.29. The summed E-state index contributed by atoms with van der Waals surface area (Å²) in [5.74, 6) is 3.68. The molecule has 1 saturated carbocycles. The summed E-state index contributed by atoms with van der Waals surface area (Å²) in [5.41, 5.74) is 2.97. The third-order valence-corrected chi connectivity index (χ3v) is 6.29. The Morgan fingerprint density at radius 3 is 2.39 bits per heavy atom. The van der Waals surface area contributed by atoms with Crippen molar-refractivity contribution in [3.8, 4) is 0 Å². The van der Waals surface area contributed by atoms with E-state index in [0.29, 0.717) is 0 Å². The van der Waals surface area contributed by atoms with Gasteiger partial charge >= 0.3 is 0 Å². The van der Waals surface area contributed by atoms with E-state index in [-0.39, 0.29) is 0 Å². The van der Waals surface area contributed by atoms with Crippen LogP contribution in [0, 0.1) is 24.7 Å². The molecule has 1 aromatic rings. The number of aryl methyl sites for hydroxylation is 1. The van der Waals surface area contributed by atoms with E-state index < -0.39 is 0 Å². The Labute approximate surface area is 145 Å². The highest BCUT2D eigenvalue weighted by Crippen LogP contribution is 2.40. The predicted octanol–water partition coefficient (Wildman–Crippen LogP) is 7.51. The summed E-state index contributed by atoms with van der Waals surface area (Å²) < 4.78 is 0. The first kappa shape index (κ1) is 18.6. The van der Waals surface area contributed by atoms with Gasteiger partial charge in [-0.1, -0.05) is 82.7 Å². The quantitative estimate of drug-likeness (QED) is 0.457. The zero-order chi connectivity index (χ0) is 16.7. The molecule has 0 amide bonds. The lowest BCUT2D eigenvalue weighted by molar-refractivity contribution is 0.231. The minimum Gasteiger partial charge on any atom is -0.0654 e. The summed E-state index contributed by atoms with van der Waals surface area (Å²) in [5, 5.41) is 0. The monoisotopic (exact) mass is 314 g/mol. The highest BCUT2D eigenvalue weighted by molar-refractivity contribution is 5.24. The van der Waals surface area contributed by atoms with Crippen LogP contribution in [0.15, 0.2) is 24.3 Å². The first-order chi connectivity index (χ1) is 11.1. The van der Waals surface area contributed by atoms with E-state index in [1.54, 1.807) is 5.56 Å². The molecule has 0 heteroatoms. The second kappa shape index (κ2) is 9.50. The van der Waals surface area contributed by atoms with Crippen molar-refractivity contribution in [2.45, 2.75) is 91.4 Å². The Balaban J connectivity index is 1.96. The fourth-order valence-corrected chi connectivity index (χ4v) is 4.57. The smallest absolute Gasteiger partial charge is 0.0162 e. The fraction of sp³-hybridized carbons (Fsp3) is 0.739. The molecule has 130 valence electrons. The molecule has 1 aromatic carbocycles. The molecular weight excluding hydrogens is 276 g/mol. The van der Waals surface area contributed by atoms with Crippen LogP contribution in [-0.2, 0) is 0 Å². The van der Waals surface area contributed by atoms with E-state index >= 15 is 0 Å². The Morgan fingerprint density at radius 1 is 1.00 bits per heavy atom. The van der Waals surface area contributed by atoms with Crippen LogP contribution in [0.1, 0.15) is 95.6 Å². The number of hydrogen-bond donors (Lipinski definition) is 0. The van der Waals surface area contributed by atoms with Gasteiger partial charge in [-0.2, -0.15) is 0 Å². The van der Waals surface area contributed by atoms with Gasteiger partial charge in [0.2, 0.25) is 0 Å². The second-order valence-electron chi connectivity index (χ2n) is 8.17. The maximum atomic E-state index is 2.45. The zero-order valence-corrected chi connectivity index (χ0v) is 16.0. The summed E-state index contributed by atoms with van der Waals surface area (Å²) in [6.45, 7) is 9.37. The Morgan fingerprint density at radius 2 is 1.74 bits per heavy atom. The van der Waals surface area contributed by atoms with Crippen molar-refractivity contribution in [2.75, 3.05) is 0 Å². The van der Waals surface area contributed by atoms with Crippen LogP contribution in [0.25, 0.3) is 0 Å². The molecule has 0 saturated heterocycles. The van der Waals surface area contributed by atoms with Crippen LogP contribution in [-0.4, -0.2) is 0 Å². The van der Waals surface area contributed by atoms with Gasteiger partial charge in [-0.25, -0.2) is 0 Å². The van der Waals surface area contributed by atoms with Gasteiger partial charge in [-0.05, 0) is 61.8 Å². The molecule has 0 aliphatic heterocycles. The highest BCUT2D eigenvalue weighted by Gasteiger charge is 2.26. The van der Waals surface area contributed by atoms with Crippen molar-refractivity contribution in [2.24, 2.45) is 17.8 Å². The summed E-state index contributed by atoms with van der Waals surface area (Å²) in [6, 6.07) is 9.34. The van der Waals surface area contributed by atoms with Gasteiger partial charge < -0.3 is 0 Å². The van der Waals surface area contributed by atoms with Crippen molar-refractivity contribution in [3.63, 3.8) is 0 Å². The van der Waals surface area contributed by atoms with Crippen LogP contribution in [0.4, 0.5) is 0 Å². The van der Waals surface area contributed by atoms with E-state index in [4.69, 9.17) is 0 Å². The maximum Gasteiger partial charge on any atom is -0.0162 e. The molecule has 1 fully saturated rings. The van der Waals surface area contributed by atoms with E-state index in [1.165, 1.54) is 63.4 Å². The van der Waals surface area contributed by atoms with Crippen LogP contribution in [0.2, 0.25) is 0 Å². The molecule has 23 heavy (non-hydrogen) atoms. The average Bonchev–Trinajstić information content (AvgIpc) is 2.81. The van der Waals surface area contributed by atoms with Gasteiger partial charge in [0.15, 0.2) is 0 Å². The highest BCUT2D eigenvalue weighted by atomic mass is 14.3. The Hall–Kier alpha value is -0.780. The molecule has 0 spiro atoms. The van der Waals surface area contributed by atoms with Gasteiger partial charge in [0.1, 0.15) is 0 Å². The maximum absolute atomic E-state index is 2.45. The van der Waals surface area contributed by atoms with Crippen molar-refractivity contribution in [1.82, 2.24) is 0 Å². The van der Waals surface area contributed by atoms with E-state index in [1.807, 2.05) is 0 Å². The van der Waals surface area contributed by atoms with Crippen LogP contribution in [0.3, 0.4) is 0 Å². The topological polar surface area (TPSA) is 0 Å². The zero-order valence-electron chi connectivity index (χ0n) is 16.0. The Kier molecular flexibility index (Phi) is 7.66. The van der Waals surface area contributed by atoms with E-state index in [0.717, 1.165) is 23.7 Å². The lowest BCUT2D eigenvalue weighted by Crippen LogP contribution is -2.17. The van der Waals surface area contributed by atoms with Gasteiger partial charge in [0.05, 0.1) is 0 Å². The lowest BCUT2D eigenvalue weighted by Gasteiger charge is -2.28. The van der Waals surface area contributed by atoms with Crippen LogP contribution >= 0.6 is 0 Å². The van der Waals surface area contributed by atoms with E-state index in [2.05, 4.69) is 52.0 Å². The largest absolute Gasteiger partial charge is 0.0654 e. The lowest BCUT2D eigenvalue weighted by atomic mass is 9.77. The van der Waals surface area contributed by atoms with Gasteiger partial charge in [0, 0.05) is 0 Å². The normalized spacial score (nSPS) is 24.9. The summed E-state index contributed by atoms with van der Waals surface area (Å²) >= 11 is 0. The molecule has 0 nitrogen and oxygen atoms in total. The number of rotatable bonds is 7. The SMILES string of the molecule is CCCC(CC(C)CC)C1CCCC(c2ccc(C)cc2)CC1. The van der Waals surface area contributed by atoms with Crippen molar-refractivity contribution in [3.05, 3.63) is 35.4 Å². The summed E-state index contributed by atoms with van der Waals surface area (Å²) in [6.07, 6.45) is 12.8. The molecule has 0 aromatic heterocycles. The summed E-state index contributed by atoms with van der Waals surface area (Å²) in [7, 11) is 0. The predicted molar refractivity (Wildman–Crippen MR) is 103 cm³/mol. The number of benzene rings is 1. The molecular formula is C23H38. The standard InChI is InChI=1S/C23H38/c1-5-8-23(17-18(3)6-2)21-10-7-9-20(15-16-21)22-13-11-19(4)12-14-22/h11-14,18,20-21,23H,5-10,15-17H2,1-4H3. The minimum atomic E-state index is 0.812. The molecule has 0 heterocycles. The first-order valence-electron chi connectivity index (χ1n) is 10.2. The molecule has 4 unspecified atom stereocenters.